The van der Waals surface area contributed by atoms with Crippen molar-refractivity contribution in [1.29, 1.82) is 0 Å². The van der Waals surface area contributed by atoms with Gasteiger partial charge in [0.1, 0.15) is 11.6 Å². The first-order chi connectivity index (χ1) is 12.7. The lowest BCUT2D eigenvalue weighted by molar-refractivity contribution is -0.120. The Morgan fingerprint density at radius 2 is 1.93 bits per heavy atom. The van der Waals surface area contributed by atoms with Crippen molar-refractivity contribution >= 4 is 23.4 Å². The molecule has 6 nitrogen and oxygen atoms in total. The van der Waals surface area contributed by atoms with Crippen molar-refractivity contribution in [2.45, 2.75) is 77.5 Å². The molecule has 2 aliphatic rings. The second-order valence-corrected chi connectivity index (χ2v) is 8.83. The van der Waals surface area contributed by atoms with Gasteiger partial charge in [-0.2, -0.15) is 0 Å². The fourth-order valence-electron chi connectivity index (χ4n) is 4.28. The van der Waals surface area contributed by atoms with E-state index < -0.39 is 17.7 Å². The van der Waals surface area contributed by atoms with E-state index in [4.69, 9.17) is 10.5 Å². The van der Waals surface area contributed by atoms with E-state index in [-0.39, 0.29) is 11.9 Å². The molecule has 3 N–H and O–H groups in total. The number of carbonyl (C=O) groups excluding carboxylic acids is 2. The molecule has 1 aromatic rings. The molecule has 27 heavy (non-hydrogen) atoms. The Balaban J connectivity index is 1.81. The van der Waals surface area contributed by atoms with Gasteiger partial charge in [0.25, 0.3) is 0 Å². The number of hydrogen-bond donors (Lipinski definition) is 2. The van der Waals surface area contributed by atoms with E-state index in [2.05, 4.69) is 5.32 Å². The van der Waals surface area contributed by atoms with Crippen LogP contribution in [0.25, 0.3) is 0 Å². The Kier molecular flexibility index (Phi) is 5.36. The average Bonchev–Trinajstić information content (AvgIpc) is 2.95. The molecule has 1 aliphatic carbocycles. The average molecular weight is 373 g/mol. The molecule has 0 radical (unpaired) electrons. The van der Waals surface area contributed by atoms with Crippen LogP contribution in [0, 0.1) is 12.8 Å². The Hall–Kier alpha value is -2.24. The number of rotatable bonds is 2. The third-order valence-corrected chi connectivity index (χ3v) is 5.46. The molecule has 0 unspecified atom stereocenters. The molecule has 0 bridgehead atoms. The lowest BCUT2D eigenvalue weighted by atomic mass is 9.85. The minimum Gasteiger partial charge on any atom is -0.444 e. The molecular weight excluding hydrogens is 342 g/mol. The molecule has 1 saturated heterocycles. The molecule has 148 valence electrons. The van der Waals surface area contributed by atoms with Gasteiger partial charge in [-0.1, -0.05) is 18.9 Å². The van der Waals surface area contributed by atoms with E-state index >= 15 is 0 Å². The molecule has 6 heteroatoms. The Labute approximate surface area is 161 Å². The number of amides is 2. The zero-order valence-corrected chi connectivity index (χ0v) is 16.7. The number of fused-ring (bicyclic) bond motifs is 1. The van der Waals surface area contributed by atoms with Crippen molar-refractivity contribution in [3.63, 3.8) is 0 Å². The Morgan fingerprint density at radius 1 is 1.22 bits per heavy atom. The molecule has 0 spiro atoms. The second kappa shape index (κ2) is 7.41. The summed E-state index contributed by atoms with van der Waals surface area (Å²) < 4.78 is 5.62. The van der Waals surface area contributed by atoms with Crippen LogP contribution in [0.3, 0.4) is 0 Å². The number of hydrogen-bond acceptors (Lipinski definition) is 4. The van der Waals surface area contributed by atoms with E-state index in [1.54, 1.807) is 4.90 Å². The van der Waals surface area contributed by atoms with E-state index in [9.17, 15) is 9.59 Å². The summed E-state index contributed by atoms with van der Waals surface area (Å²) in [6.07, 6.45) is 4.51. The predicted molar refractivity (Wildman–Crippen MR) is 106 cm³/mol. The first-order valence-electron chi connectivity index (χ1n) is 9.84. The van der Waals surface area contributed by atoms with Crippen LogP contribution in [0.2, 0.25) is 0 Å². The summed E-state index contributed by atoms with van der Waals surface area (Å²) in [4.78, 5) is 27.6. The second-order valence-electron chi connectivity index (χ2n) is 8.83. The largest absolute Gasteiger partial charge is 0.444 e. The van der Waals surface area contributed by atoms with Crippen molar-refractivity contribution in [3.8, 4) is 0 Å². The van der Waals surface area contributed by atoms with Crippen LogP contribution < -0.4 is 11.1 Å². The first-order valence-corrected chi connectivity index (χ1v) is 9.84. The minimum atomic E-state index is -0.591. The zero-order valence-electron chi connectivity index (χ0n) is 16.7. The van der Waals surface area contributed by atoms with Crippen molar-refractivity contribution in [3.05, 3.63) is 23.8 Å². The van der Waals surface area contributed by atoms with Gasteiger partial charge >= 0.3 is 6.09 Å². The maximum absolute atomic E-state index is 13.1. The fraction of sp³-hybridized carbons (Fsp3) is 0.619. The lowest BCUT2D eigenvalue weighted by Gasteiger charge is -2.34. The number of nitrogen functional groups attached to an aromatic ring is 1. The molecule has 0 aromatic heterocycles. The Morgan fingerprint density at radius 3 is 2.59 bits per heavy atom. The van der Waals surface area contributed by atoms with Crippen molar-refractivity contribution < 1.29 is 14.3 Å². The van der Waals surface area contributed by atoms with Crippen LogP contribution in [0.5, 0.6) is 0 Å². The number of likely N-dealkylation sites (tertiary alicyclic amines) is 1. The quantitative estimate of drug-likeness (QED) is 0.765. The topological polar surface area (TPSA) is 84.7 Å². The maximum Gasteiger partial charge on any atom is 0.411 e. The van der Waals surface area contributed by atoms with Crippen molar-refractivity contribution in [2.24, 2.45) is 5.92 Å². The van der Waals surface area contributed by atoms with Crippen LogP contribution in [0.1, 0.15) is 58.4 Å². The van der Waals surface area contributed by atoms with E-state index in [0.717, 1.165) is 31.2 Å². The summed E-state index contributed by atoms with van der Waals surface area (Å²) in [6, 6.07) is 5.11. The minimum absolute atomic E-state index is 0.0831. The molecule has 1 heterocycles. The molecule has 2 fully saturated rings. The number of aryl methyl sites for hydroxylation is 1. The number of carbonyl (C=O) groups is 2. The highest BCUT2D eigenvalue weighted by molar-refractivity contribution is 5.99. The van der Waals surface area contributed by atoms with E-state index in [1.165, 1.54) is 0 Å². The molecule has 1 aromatic carbocycles. The summed E-state index contributed by atoms with van der Waals surface area (Å²) in [5.74, 6) is 0.170. The number of nitrogens with zero attached hydrogens (tertiary/aromatic N) is 1. The standard InChI is InChI=1S/C21H31N3O3/c1-13-9-10-16(15(22)11-13)23-19(25)18-12-14-7-5-6-8-17(14)24(18)20(26)27-21(2,3)4/h9-11,14,17-18H,5-8,12,22H2,1-4H3,(H,23,25)/t14-,17-,18-/m0/s1. The highest BCUT2D eigenvalue weighted by Gasteiger charge is 2.48. The monoisotopic (exact) mass is 373 g/mol. The van der Waals surface area contributed by atoms with E-state index in [0.29, 0.717) is 23.7 Å². The van der Waals surface area contributed by atoms with Crippen molar-refractivity contribution in [1.82, 2.24) is 4.90 Å². The van der Waals surface area contributed by atoms with Gasteiger partial charge in [0.2, 0.25) is 5.91 Å². The van der Waals surface area contributed by atoms with Gasteiger partial charge in [-0.3, -0.25) is 9.69 Å². The van der Waals surface area contributed by atoms with Crippen molar-refractivity contribution in [2.75, 3.05) is 11.1 Å². The van der Waals surface area contributed by atoms with Crippen LogP contribution in [0.15, 0.2) is 18.2 Å². The van der Waals surface area contributed by atoms with E-state index in [1.807, 2.05) is 45.9 Å². The molecule has 1 aliphatic heterocycles. The number of nitrogens with one attached hydrogen (secondary N) is 1. The maximum atomic E-state index is 13.1. The lowest BCUT2D eigenvalue weighted by Crippen LogP contribution is -2.49. The van der Waals surface area contributed by atoms with Gasteiger partial charge in [0.05, 0.1) is 11.4 Å². The summed E-state index contributed by atoms with van der Waals surface area (Å²) in [7, 11) is 0. The molecular formula is C21H31N3O3. The van der Waals surface area contributed by atoms with Crippen LogP contribution in [0.4, 0.5) is 16.2 Å². The Bertz CT molecular complexity index is 726. The van der Waals surface area contributed by atoms with Crippen LogP contribution >= 0.6 is 0 Å². The molecule has 1 saturated carbocycles. The van der Waals surface area contributed by atoms with Gasteiger partial charge in [-0.05, 0) is 70.6 Å². The van der Waals surface area contributed by atoms with Crippen LogP contribution in [-0.4, -0.2) is 34.6 Å². The molecule has 3 atom stereocenters. The van der Waals surface area contributed by atoms with Gasteiger partial charge in [-0.25, -0.2) is 4.79 Å². The fourth-order valence-corrected chi connectivity index (χ4v) is 4.28. The van der Waals surface area contributed by atoms with Gasteiger partial charge in [0.15, 0.2) is 0 Å². The number of ether oxygens (including phenoxy) is 1. The number of anilines is 2. The SMILES string of the molecule is Cc1ccc(NC(=O)[C@@H]2C[C@@H]3CCCC[C@@H]3N2C(=O)OC(C)(C)C)c(N)c1. The van der Waals surface area contributed by atoms with Crippen LogP contribution in [-0.2, 0) is 9.53 Å². The predicted octanol–water partition coefficient (Wildman–Crippen LogP) is 4.08. The smallest absolute Gasteiger partial charge is 0.411 e. The third kappa shape index (κ3) is 4.37. The summed E-state index contributed by atoms with van der Waals surface area (Å²) in [5, 5.41) is 2.92. The number of benzene rings is 1. The first kappa shape index (κ1) is 19.5. The zero-order chi connectivity index (χ0) is 19.8. The third-order valence-electron chi connectivity index (χ3n) is 5.46. The van der Waals surface area contributed by atoms with Gasteiger partial charge in [0, 0.05) is 6.04 Å². The van der Waals surface area contributed by atoms with Gasteiger partial charge < -0.3 is 15.8 Å². The summed E-state index contributed by atoms with van der Waals surface area (Å²) >= 11 is 0. The van der Waals surface area contributed by atoms with Gasteiger partial charge in [-0.15, -0.1) is 0 Å². The highest BCUT2D eigenvalue weighted by atomic mass is 16.6. The normalized spacial score (nSPS) is 25.0. The number of nitrogens with two attached hydrogens (primary N) is 1. The highest BCUT2D eigenvalue weighted by Crippen LogP contribution is 2.41. The molecule has 2 amide bonds. The molecule has 3 rings (SSSR count). The summed E-state index contributed by atoms with van der Waals surface area (Å²) in [5.41, 5.74) is 7.60. The summed E-state index contributed by atoms with van der Waals surface area (Å²) in [6.45, 7) is 7.50.